The molecule has 0 aromatic carbocycles. The summed E-state index contributed by atoms with van der Waals surface area (Å²) in [5, 5.41) is 142. The number of hydrogen-bond donors (Lipinski definition) is 15. The molecule has 8 aliphatic heterocycles. The molecule has 8 heterocycles. The molecular formula is C76H120F4N8O31. The van der Waals surface area contributed by atoms with Crippen LogP contribution in [0.2, 0.25) is 0 Å². The zero-order valence-electron chi connectivity index (χ0n) is 68.4. The average Bonchev–Trinajstić information content (AvgIpc) is 1.61. The fourth-order valence-electron chi connectivity index (χ4n) is 17.5. The number of alkyl halides is 4. The number of ether oxygens (including phenoxy) is 4. The van der Waals surface area contributed by atoms with Crippen molar-refractivity contribution in [3.8, 4) is 0 Å². The average molecular weight is 1720 g/mol. The number of nitrogens with zero attached hydrogens (tertiary/aromatic N) is 8. The molecule has 0 aromatic heterocycles. The molecule has 4 spiro atoms. The van der Waals surface area contributed by atoms with Crippen LogP contribution in [-0.4, -0.2) is 421 Å². The Hall–Kier alpha value is -6.92. The van der Waals surface area contributed by atoms with E-state index in [2.05, 4.69) is 9.80 Å². The summed E-state index contributed by atoms with van der Waals surface area (Å²) < 4.78 is 72.5. The Morgan fingerprint density at radius 3 is 0.899 bits per heavy atom. The minimum absolute atomic E-state index is 0.0742. The highest BCUT2D eigenvalue weighted by Gasteiger charge is 2.59. The van der Waals surface area contributed by atoms with Gasteiger partial charge in [0.2, 0.25) is 47.3 Å². The lowest BCUT2D eigenvalue weighted by molar-refractivity contribution is -0.224. The van der Waals surface area contributed by atoms with Crippen molar-refractivity contribution in [1.29, 1.82) is 0 Å². The molecule has 0 bridgehead atoms. The SMILES string of the molecule is CC(=O)OC1C(C)C(C)C(C)C(OC(C)=O)C1F.CC(F)CN1C(=O)CC2(CCN(C)CC2)C1=O.CCN1C(=O)CC2(CCN(C(=O)OC3C(O)C(O)C(O)C(O)C3O)CC2)C1=O.CCN1C(=O)CC2(CCN(C(=O)OC3C(O)C(O)C(O)C(O)C3O)CC2)C1=O.CN1CCC2(CC1)CC(=O)N(CCF)C2=O.OC1C(O)C(O)C(F)C(O)C1O. The monoisotopic (exact) mass is 1720 g/mol. The van der Waals surface area contributed by atoms with Gasteiger partial charge >= 0.3 is 24.1 Å². The lowest BCUT2D eigenvalue weighted by Crippen LogP contribution is -2.65. The summed E-state index contributed by atoms with van der Waals surface area (Å²) in [5.41, 5.74) is -2.67. The molecule has 17 atom stereocenters. The second-order valence-electron chi connectivity index (χ2n) is 33.6. The van der Waals surface area contributed by atoms with Gasteiger partial charge in [0.1, 0.15) is 117 Å². The second kappa shape index (κ2) is 41.0. The summed E-state index contributed by atoms with van der Waals surface area (Å²) in [6, 6.07) is 0. The number of carbonyl (C=O) groups is 12. The first kappa shape index (κ1) is 99.2. The highest BCUT2D eigenvalue weighted by Crippen LogP contribution is 2.47. The van der Waals surface area contributed by atoms with Crippen molar-refractivity contribution >= 4 is 71.4 Å². The summed E-state index contributed by atoms with van der Waals surface area (Å²) in [5.74, 6) is -2.76. The molecule has 0 aromatic rings. The van der Waals surface area contributed by atoms with Crippen molar-refractivity contribution in [3.63, 3.8) is 0 Å². The van der Waals surface area contributed by atoms with Crippen molar-refractivity contribution < 1.29 is 171 Å². The van der Waals surface area contributed by atoms with Crippen molar-refractivity contribution in [2.24, 2.45) is 39.4 Å². The number of imide groups is 4. The van der Waals surface area contributed by atoms with Crippen LogP contribution >= 0.6 is 0 Å². The Bertz CT molecular complexity index is 3340. The molecule has 15 N–H and O–H groups in total. The van der Waals surface area contributed by atoms with Gasteiger partial charge < -0.3 is 115 Å². The van der Waals surface area contributed by atoms with E-state index in [1.165, 1.54) is 40.4 Å². The Labute approximate surface area is 684 Å². The molecule has 10 amide bonds. The Morgan fingerprint density at radius 2 is 0.630 bits per heavy atom. The normalized spacial score (nSPS) is 36.9. The first-order valence-electron chi connectivity index (χ1n) is 40.2. The molecule has 12 rings (SSSR count). The molecule has 39 nitrogen and oxygen atoms in total. The Balaban J connectivity index is 0.000000202. The van der Waals surface area contributed by atoms with Crippen LogP contribution in [0.4, 0.5) is 27.2 Å². The molecule has 119 heavy (non-hydrogen) atoms. The number of likely N-dealkylation sites (tertiary alicyclic amines) is 8. The standard InChI is InChI=1S/2C17H26N2O9.C13H21FO4.C12H19FN2O2.C11H17FN2O2.C6H11FO5/c2*1-2-19-8(20)7-17(15(19)26)3-5-18(6-4-17)16(27)28-14-12(24)10(22)9(21)11(23)13(14)25;1-6-7(2)12(17-9(4)15)11(14)13(8(6)3)18-10(5)16;1-9(13)8-15-10(16)7-12(11(15)17)3-5-14(2)6-4-12;1-13-5-2-11(3-6-13)8-9(15)14(7-4-12)10(11)16;7-1-2(8)4(10)6(12)5(11)3(1)9/h2*9-14,21-25H,2-7H2,1H3;6-8,11-13H,1-5H3;9H,3-8H2,1-2H3;2-8H2,1H3;1-6,8-12H. The van der Waals surface area contributed by atoms with Crippen molar-refractivity contribution in [3.05, 3.63) is 0 Å². The van der Waals surface area contributed by atoms with E-state index in [0.29, 0.717) is 25.9 Å². The molecule has 8 saturated heterocycles. The smallest absolute Gasteiger partial charge is 0.410 e. The summed E-state index contributed by atoms with van der Waals surface area (Å²) in [6.45, 7) is 16.7. The number of piperidine rings is 4. The second-order valence-corrected chi connectivity index (χ2v) is 33.6. The quantitative estimate of drug-likeness (QED) is 0.0421. The third kappa shape index (κ3) is 21.5. The van der Waals surface area contributed by atoms with Gasteiger partial charge in [-0.05, 0) is 130 Å². The number of amides is 10. The summed E-state index contributed by atoms with van der Waals surface area (Å²) in [6.07, 6.45) is -33.5. The maximum Gasteiger partial charge on any atom is 0.410 e. The largest absolute Gasteiger partial charge is 0.459 e. The number of halogens is 4. The third-order valence-electron chi connectivity index (χ3n) is 25.8. The fourth-order valence-corrected chi connectivity index (χ4v) is 17.5. The Kier molecular flexibility index (Phi) is 34.2. The number of aliphatic hydroxyl groups is 15. The van der Waals surface area contributed by atoms with Crippen LogP contribution in [0.25, 0.3) is 0 Å². The molecular weight excluding hydrogens is 1600 g/mol. The van der Waals surface area contributed by atoms with Crippen LogP contribution in [0.3, 0.4) is 0 Å². The van der Waals surface area contributed by atoms with Gasteiger partial charge in [-0.3, -0.25) is 67.5 Å². The number of carbonyl (C=O) groups excluding carboxylic acids is 12. The van der Waals surface area contributed by atoms with Crippen molar-refractivity contribution in [2.45, 2.75) is 267 Å². The van der Waals surface area contributed by atoms with Gasteiger partial charge in [-0.25, -0.2) is 27.2 Å². The predicted octanol–water partition coefficient (Wildman–Crippen LogP) is -5.16. The van der Waals surface area contributed by atoms with E-state index in [1.54, 1.807) is 13.8 Å². The maximum absolute atomic E-state index is 14.4. The summed E-state index contributed by atoms with van der Waals surface area (Å²) >= 11 is 0. The molecule has 12 aliphatic rings. The lowest BCUT2D eigenvalue weighted by Gasteiger charge is -2.44. The molecule has 17 unspecified atom stereocenters. The Morgan fingerprint density at radius 1 is 0.378 bits per heavy atom. The van der Waals surface area contributed by atoms with E-state index in [0.717, 1.165) is 48.8 Å². The van der Waals surface area contributed by atoms with Gasteiger partial charge in [0.25, 0.3) is 0 Å². The van der Waals surface area contributed by atoms with Crippen LogP contribution in [0.15, 0.2) is 0 Å². The van der Waals surface area contributed by atoms with Crippen LogP contribution < -0.4 is 0 Å². The number of aliphatic hydroxyl groups excluding tert-OH is 15. The van der Waals surface area contributed by atoms with E-state index in [-0.39, 0.29) is 156 Å². The molecule has 4 aliphatic carbocycles. The van der Waals surface area contributed by atoms with Crippen molar-refractivity contribution in [1.82, 2.24) is 39.2 Å². The molecule has 43 heteroatoms. The highest BCUT2D eigenvalue weighted by atomic mass is 19.1. The summed E-state index contributed by atoms with van der Waals surface area (Å²) in [4.78, 5) is 155. The van der Waals surface area contributed by atoms with Gasteiger partial charge in [-0.2, -0.15) is 0 Å². The fraction of sp³-hybridized carbons (Fsp3) is 0.842. The van der Waals surface area contributed by atoms with Crippen LogP contribution in [0.5, 0.6) is 0 Å². The van der Waals surface area contributed by atoms with Gasteiger partial charge in [0, 0.05) is 78.8 Å². The first-order valence-corrected chi connectivity index (χ1v) is 40.2. The summed E-state index contributed by atoms with van der Waals surface area (Å²) in [7, 11) is 4.02. The molecule has 0 radical (unpaired) electrons. The predicted molar refractivity (Wildman–Crippen MR) is 397 cm³/mol. The minimum Gasteiger partial charge on any atom is -0.459 e. The van der Waals surface area contributed by atoms with E-state index in [1.807, 2.05) is 34.9 Å². The zero-order valence-corrected chi connectivity index (χ0v) is 68.4. The van der Waals surface area contributed by atoms with Gasteiger partial charge in [-0.1, -0.05) is 20.8 Å². The topological polar surface area (TPSA) is 571 Å². The molecule has 4 saturated carbocycles. The van der Waals surface area contributed by atoms with E-state index >= 15 is 0 Å². The first-order chi connectivity index (χ1) is 55.5. The number of esters is 2. The lowest BCUT2D eigenvalue weighted by atomic mass is 9.70. The molecule has 12 fully saturated rings. The van der Waals surface area contributed by atoms with E-state index < -0.39 is 187 Å². The van der Waals surface area contributed by atoms with E-state index in [9.17, 15) is 126 Å². The molecule has 678 valence electrons. The van der Waals surface area contributed by atoms with Crippen LogP contribution in [0, 0.1) is 39.4 Å². The van der Waals surface area contributed by atoms with Crippen LogP contribution in [-0.2, 0) is 66.9 Å². The number of hydrogen-bond acceptors (Lipinski definition) is 33. The van der Waals surface area contributed by atoms with Gasteiger partial charge in [0.05, 0.1) is 34.7 Å². The van der Waals surface area contributed by atoms with E-state index in [4.69, 9.17) is 44.5 Å². The highest BCUT2D eigenvalue weighted by molar-refractivity contribution is 6.08. The maximum atomic E-state index is 14.4. The van der Waals surface area contributed by atoms with Gasteiger partial charge in [0.15, 0.2) is 24.6 Å². The third-order valence-corrected chi connectivity index (χ3v) is 25.8. The van der Waals surface area contributed by atoms with Crippen LogP contribution in [0.1, 0.15) is 132 Å². The van der Waals surface area contributed by atoms with Gasteiger partial charge in [-0.15, -0.1) is 0 Å². The minimum atomic E-state index is -2.14. The zero-order chi connectivity index (χ0) is 89.5. The number of rotatable bonds is 10. The van der Waals surface area contributed by atoms with Crippen molar-refractivity contribution in [2.75, 3.05) is 99.3 Å².